The first-order valence-corrected chi connectivity index (χ1v) is 30.5. The van der Waals surface area contributed by atoms with Crippen LogP contribution in [0.25, 0.3) is 89.7 Å². The maximum atomic E-state index is 5.55. The van der Waals surface area contributed by atoms with E-state index in [1.54, 1.807) is 0 Å². The number of hydrogen-bond acceptors (Lipinski definition) is 6. The standard InChI is InChI=1S/C68H90N8/c1-9-13-17-21-25-29-33-49-41-57-53(37-45(49)5)61-69-65(57)73-62-54-38-46(6)50(34-30-26-22-18-14-10-2)42-58(54)67(70-62)75-64-56-40-48(8)52(36-32-28-24-20-16-12-4)44-60(56)68(72-64)76-63-55-39-47(7)51(35-31-27-23-19-15-11-3)43-59(55)66(71-63)74-61/h37-44H,9-36H2,1-8H3,(H2,69,70,71,72,73,74,75,76). The summed E-state index contributed by atoms with van der Waals surface area (Å²) in [7, 11) is 0. The van der Waals surface area contributed by atoms with Gasteiger partial charge in [-0.25, -0.2) is 29.9 Å². The fourth-order valence-electron chi connectivity index (χ4n) is 12.0. The van der Waals surface area contributed by atoms with Crippen molar-refractivity contribution in [1.82, 2.24) is 39.9 Å². The Hall–Kier alpha value is -5.76. The second kappa shape index (κ2) is 26.5. The molecular weight excluding hydrogens is 929 g/mol. The summed E-state index contributed by atoms with van der Waals surface area (Å²) in [6.45, 7) is 18.2. The number of unbranched alkanes of at least 4 members (excludes halogenated alkanes) is 20. The molecular formula is C68H90N8. The minimum absolute atomic E-state index is 0.676. The molecule has 0 fully saturated rings. The van der Waals surface area contributed by atoms with Gasteiger partial charge in [-0.05, 0) is 172 Å². The first-order valence-electron chi connectivity index (χ1n) is 30.5. The number of aryl methyl sites for hydroxylation is 8. The molecule has 0 saturated heterocycles. The van der Waals surface area contributed by atoms with Crippen LogP contribution in [0.4, 0.5) is 0 Å². The maximum Gasteiger partial charge on any atom is 0.164 e. The Balaban J connectivity index is 1.26. The third-order valence-electron chi connectivity index (χ3n) is 16.9. The second-order valence-corrected chi connectivity index (χ2v) is 23.0. The predicted octanol–water partition coefficient (Wildman–Crippen LogP) is 19.7. The van der Waals surface area contributed by atoms with E-state index in [-0.39, 0.29) is 0 Å². The van der Waals surface area contributed by atoms with Gasteiger partial charge in [0.15, 0.2) is 23.3 Å². The minimum atomic E-state index is 0.676. The number of H-pyrrole nitrogens is 2. The van der Waals surface area contributed by atoms with E-state index in [1.165, 1.54) is 199 Å². The lowest BCUT2D eigenvalue weighted by Crippen LogP contribution is -1.94. The molecule has 8 bridgehead atoms. The summed E-state index contributed by atoms with van der Waals surface area (Å²) in [5, 5.41) is 4.22. The van der Waals surface area contributed by atoms with Crippen LogP contribution >= 0.6 is 0 Å². The predicted molar refractivity (Wildman–Crippen MR) is 323 cm³/mol. The Morgan fingerprint density at radius 1 is 0.263 bits per heavy atom. The number of aromatic amines is 2. The van der Waals surface area contributed by atoms with Gasteiger partial charge in [-0.2, -0.15) is 0 Å². The molecule has 5 heterocycles. The molecule has 0 spiro atoms. The van der Waals surface area contributed by atoms with Crippen LogP contribution in [0.5, 0.6) is 0 Å². The number of hydrogen-bond donors (Lipinski definition) is 2. The van der Waals surface area contributed by atoms with Gasteiger partial charge in [-0.3, -0.25) is 0 Å². The molecule has 8 heteroatoms. The van der Waals surface area contributed by atoms with Crippen molar-refractivity contribution in [2.24, 2.45) is 0 Å². The van der Waals surface area contributed by atoms with Crippen molar-refractivity contribution >= 4 is 44.1 Å². The Kier molecular flexibility index (Phi) is 19.2. The molecule has 2 N–H and O–H groups in total. The van der Waals surface area contributed by atoms with E-state index in [2.05, 4.69) is 114 Å². The first kappa shape index (κ1) is 55.0. The van der Waals surface area contributed by atoms with Crippen molar-refractivity contribution in [2.75, 3.05) is 0 Å². The van der Waals surface area contributed by atoms with Crippen LogP contribution in [0.3, 0.4) is 0 Å². The van der Waals surface area contributed by atoms with Crippen LogP contribution in [0.2, 0.25) is 0 Å². The van der Waals surface area contributed by atoms with Gasteiger partial charge in [0.1, 0.15) is 22.6 Å². The molecule has 0 radical (unpaired) electrons. The highest BCUT2D eigenvalue weighted by Crippen LogP contribution is 2.40. The van der Waals surface area contributed by atoms with E-state index in [4.69, 9.17) is 29.9 Å². The molecule has 7 aromatic rings. The Bertz CT molecular complexity index is 3060. The lowest BCUT2D eigenvalue weighted by Gasteiger charge is -2.09. The lowest BCUT2D eigenvalue weighted by molar-refractivity contribution is 0.607. The molecule has 3 aromatic heterocycles. The maximum absolute atomic E-state index is 5.55. The third kappa shape index (κ3) is 13.0. The molecule has 0 atom stereocenters. The van der Waals surface area contributed by atoms with Gasteiger partial charge in [0.05, 0.1) is 0 Å². The number of fused-ring (bicyclic) bond motifs is 20. The van der Waals surface area contributed by atoms with Crippen molar-refractivity contribution in [2.45, 2.75) is 235 Å². The monoisotopic (exact) mass is 1020 g/mol. The zero-order valence-electron chi connectivity index (χ0n) is 48.1. The van der Waals surface area contributed by atoms with Crippen LogP contribution in [-0.4, -0.2) is 39.9 Å². The average Bonchev–Trinajstić information content (AvgIpc) is 4.15. The Labute approximate surface area is 455 Å². The van der Waals surface area contributed by atoms with E-state index in [0.717, 1.165) is 92.1 Å². The van der Waals surface area contributed by atoms with Crippen molar-refractivity contribution in [1.29, 1.82) is 0 Å². The molecule has 0 amide bonds. The van der Waals surface area contributed by atoms with Crippen LogP contribution in [0.1, 0.15) is 226 Å². The fraction of sp³-hybridized carbons (Fsp3) is 0.529. The highest BCUT2D eigenvalue weighted by molar-refractivity contribution is 6.07. The topological polar surface area (TPSA) is 109 Å². The summed E-state index contributed by atoms with van der Waals surface area (Å²) in [4.78, 5) is 40.6. The van der Waals surface area contributed by atoms with E-state index in [9.17, 15) is 0 Å². The number of aromatic nitrogens is 8. The summed E-state index contributed by atoms with van der Waals surface area (Å²) < 4.78 is 0. The summed E-state index contributed by atoms with van der Waals surface area (Å²) in [5.74, 6) is 2.72. The Morgan fingerprint density at radius 2 is 0.500 bits per heavy atom. The van der Waals surface area contributed by atoms with E-state index in [1.807, 2.05) is 0 Å². The van der Waals surface area contributed by atoms with Crippen molar-refractivity contribution in [3.05, 3.63) is 93.0 Å². The molecule has 2 aliphatic heterocycles. The summed E-state index contributed by atoms with van der Waals surface area (Å²) in [5.41, 5.74) is 17.8. The van der Waals surface area contributed by atoms with E-state index < -0.39 is 0 Å². The van der Waals surface area contributed by atoms with Gasteiger partial charge in [-0.1, -0.05) is 156 Å². The number of nitrogens with zero attached hydrogens (tertiary/aromatic N) is 6. The fourth-order valence-corrected chi connectivity index (χ4v) is 12.0. The third-order valence-corrected chi connectivity index (χ3v) is 16.9. The molecule has 76 heavy (non-hydrogen) atoms. The summed E-state index contributed by atoms with van der Waals surface area (Å²) in [6, 6.07) is 18.8. The van der Waals surface area contributed by atoms with E-state index >= 15 is 0 Å². The second-order valence-electron chi connectivity index (χ2n) is 23.0. The van der Waals surface area contributed by atoms with Crippen LogP contribution < -0.4 is 0 Å². The molecule has 402 valence electrons. The van der Waals surface area contributed by atoms with Crippen LogP contribution in [0, 0.1) is 27.7 Å². The van der Waals surface area contributed by atoms with Gasteiger partial charge in [0.25, 0.3) is 0 Å². The van der Waals surface area contributed by atoms with Crippen molar-refractivity contribution in [3.8, 4) is 45.6 Å². The highest BCUT2D eigenvalue weighted by atomic mass is 15.1. The SMILES string of the molecule is CCCCCCCCc1cc2c(cc1C)-c1nc-2nc2[nH]c(nc3nc(nc4[nH]c(n1)c1cc(CCCCCCCC)c(C)cc41)-c1cc(CCCCCCCC)c(C)cc1-3)c1cc(CCCCCCCC)c(C)cc21. The minimum Gasteiger partial charge on any atom is -0.324 e. The van der Waals surface area contributed by atoms with Crippen LogP contribution in [-0.2, 0) is 25.7 Å². The summed E-state index contributed by atoms with van der Waals surface area (Å²) >= 11 is 0. The molecule has 9 rings (SSSR count). The molecule has 0 aliphatic carbocycles. The lowest BCUT2D eigenvalue weighted by atomic mass is 9.95. The number of benzene rings is 4. The molecule has 0 saturated carbocycles. The van der Waals surface area contributed by atoms with Crippen molar-refractivity contribution in [3.63, 3.8) is 0 Å². The molecule has 2 aliphatic rings. The Morgan fingerprint density at radius 3 is 0.803 bits per heavy atom. The van der Waals surface area contributed by atoms with Crippen LogP contribution in [0.15, 0.2) is 48.5 Å². The first-order chi connectivity index (χ1) is 37.2. The molecule has 8 nitrogen and oxygen atoms in total. The summed E-state index contributed by atoms with van der Waals surface area (Å²) in [6.07, 6.45) is 34.6. The van der Waals surface area contributed by atoms with Gasteiger partial charge in [-0.15, -0.1) is 0 Å². The van der Waals surface area contributed by atoms with Gasteiger partial charge in [0.2, 0.25) is 0 Å². The highest BCUT2D eigenvalue weighted by Gasteiger charge is 2.25. The van der Waals surface area contributed by atoms with E-state index in [0.29, 0.717) is 23.3 Å². The quantitative estimate of drug-likeness (QED) is 0.0473. The van der Waals surface area contributed by atoms with Gasteiger partial charge < -0.3 is 9.97 Å². The zero-order chi connectivity index (χ0) is 53.0. The van der Waals surface area contributed by atoms with Crippen molar-refractivity contribution < 1.29 is 0 Å². The van der Waals surface area contributed by atoms with Gasteiger partial charge >= 0.3 is 0 Å². The smallest absolute Gasteiger partial charge is 0.164 e. The number of nitrogens with one attached hydrogen (secondary N) is 2. The van der Waals surface area contributed by atoms with Gasteiger partial charge in [0, 0.05) is 43.8 Å². The largest absolute Gasteiger partial charge is 0.324 e. The molecule has 4 aromatic carbocycles. The number of rotatable bonds is 28. The normalized spacial score (nSPS) is 12.1. The average molecular weight is 1020 g/mol. The molecule has 0 unspecified atom stereocenters. The zero-order valence-corrected chi connectivity index (χ0v) is 48.1.